The van der Waals surface area contributed by atoms with E-state index in [1.807, 2.05) is 0 Å². The van der Waals surface area contributed by atoms with Crippen molar-refractivity contribution in [2.45, 2.75) is 135 Å². The Morgan fingerprint density at radius 2 is 0.779 bits per heavy atom. The van der Waals surface area contributed by atoms with Crippen LogP contribution >= 0.6 is 0 Å². The molecule has 0 unspecified atom stereocenters. The third kappa shape index (κ3) is 15.0. The van der Waals surface area contributed by atoms with E-state index in [1.165, 1.54) is 6.92 Å². The number of rotatable bonds is 21. The van der Waals surface area contributed by atoms with Crippen LogP contribution in [0.4, 0.5) is 0 Å². The number of hydrogen-bond acceptors (Lipinski definition) is 14. The van der Waals surface area contributed by atoms with Crippen LogP contribution in [0.2, 0.25) is 0 Å². The maximum absolute atomic E-state index is 13.8. The monoisotopic (exact) mass is 942 g/mol. The summed E-state index contributed by atoms with van der Waals surface area (Å²) in [4.78, 5) is 87.4. The van der Waals surface area contributed by atoms with Crippen LogP contribution in [0.1, 0.15) is 135 Å². The molecule has 14 nitrogen and oxygen atoms in total. The molecule has 0 heterocycles. The van der Waals surface area contributed by atoms with E-state index in [1.54, 1.807) is 30.3 Å². The third-order valence-corrected chi connectivity index (χ3v) is 14.7. The minimum Gasteiger partial charge on any atom is -0.465 e. The summed E-state index contributed by atoms with van der Waals surface area (Å²) in [5.74, 6) is -0.507. The van der Waals surface area contributed by atoms with Gasteiger partial charge in [0.25, 0.3) is 0 Å². The first-order valence-corrected chi connectivity index (χ1v) is 25.0. The van der Waals surface area contributed by atoms with Crippen LogP contribution in [-0.2, 0) is 52.5 Å². The molecule has 0 saturated heterocycles. The van der Waals surface area contributed by atoms with Crippen molar-refractivity contribution in [1.82, 2.24) is 0 Å². The molecule has 0 aliphatic heterocycles. The maximum atomic E-state index is 13.8. The fraction of sp³-hybridized carbons (Fsp3) is 0.611. The lowest BCUT2D eigenvalue weighted by atomic mass is 9.69. The van der Waals surface area contributed by atoms with Gasteiger partial charge in [-0.1, -0.05) is 25.3 Å². The summed E-state index contributed by atoms with van der Waals surface area (Å²) in [5, 5.41) is 0.879. The normalized spacial score (nSPS) is 24.9. The third-order valence-electron chi connectivity index (χ3n) is 14.7. The second-order valence-corrected chi connectivity index (χ2v) is 19.1. The molecule has 0 atom stereocenters. The van der Waals surface area contributed by atoms with E-state index < -0.39 is 17.9 Å². The first kappa shape index (κ1) is 51.9. The lowest BCUT2D eigenvalue weighted by molar-refractivity contribution is -0.151. The number of ether oxygens (including phenoxy) is 7. The molecule has 0 spiro atoms. The highest BCUT2D eigenvalue weighted by atomic mass is 16.6. The number of unbranched alkanes of at least 4 members (excludes halogenated alkanes) is 2. The molecule has 0 bridgehead atoms. The van der Waals surface area contributed by atoms with E-state index in [4.69, 9.17) is 33.2 Å². The molecule has 370 valence electrons. The second kappa shape index (κ2) is 26.3. The molecule has 2 aromatic carbocycles. The molecule has 0 aromatic heterocycles. The van der Waals surface area contributed by atoms with Gasteiger partial charge >= 0.3 is 41.8 Å². The number of benzene rings is 2. The zero-order valence-corrected chi connectivity index (χ0v) is 39.8. The summed E-state index contributed by atoms with van der Waals surface area (Å²) in [6.45, 7) is 9.20. The summed E-state index contributed by atoms with van der Waals surface area (Å²) in [6, 6.07) is 8.36. The Labute approximate surface area is 400 Å². The maximum Gasteiger partial charge on any atom is 0.330 e. The van der Waals surface area contributed by atoms with Gasteiger partial charge in [-0.2, -0.15) is 0 Å². The van der Waals surface area contributed by atoms with Crippen molar-refractivity contribution in [1.29, 1.82) is 0 Å². The van der Waals surface area contributed by atoms with Crippen molar-refractivity contribution in [2.24, 2.45) is 47.3 Å². The molecule has 14 heteroatoms. The van der Waals surface area contributed by atoms with Crippen molar-refractivity contribution in [2.75, 3.05) is 26.4 Å². The van der Waals surface area contributed by atoms with Gasteiger partial charge in [-0.05, 0) is 170 Å². The molecule has 2 aromatic rings. The smallest absolute Gasteiger partial charge is 0.330 e. The molecule has 4 fully saturated rings. The van der Waals surface area contributed by atoms with Crippen LogP contribution in [0.5, 0.6) is 17.2 Å². The lowest BCUT2D eigenvalue weighted by Crippen LogP contribution is -2.31. The molecule has 6 rings (SSSR count). The van der Waals surface area contributed by atoms with Gasteiger partial charge in [0, 0.05) is 24.5 Å². The van der Waals surface area contributed by atoms with E-state index >= 15 is 0 Å². The zero-order chi connectivity index (χ0) is 48.4. The fourth-order valence-corrected chi connectivity index (χ4v) is 10.9. The highest BCUT2D eigenvalue weighted by Gasteiger charge is 2.38. The van der Waals surface area contributed by atoms with Crippen molar-refractivity contribution in [3.63, 3.8) is 0 Å². The SMILES string of the molecule is C=CC(=O)OCCCCOC(=O)C1CCC(C2CCC(C(=O)Oc3ccc(OC(=O)C4CCC(C5CCC(C(=O)OCCCCOC(=O)C=C)CC5)CC4)c4c(OC(C)=O)cccc34)CC2)CC1. The highest BCUT2D eigenvalue weighted by molar-refractivity contribution is 6.01. The molecule has 0 radical (unpaired) electrons. The Kier molecular flexibility index (Phi) is 20.0. The summed E-state index contributed by atoms with van der Waals surface area (Å²) in [5.41, 5.74) is 0. The predicted molar refractivity (Wildman–Crippen MR) is 251 cm³/mol. The van der Waals surface area contributed by atoms with Gasteiger partial charge in [-0.25, -0.2) is 9.59 Å². The van der Waals surface area contributed by atoms with E-state index in [0.717, 1.165) is 89.2 Å². The van der Waals surface area contributed by atoms with Crippen LogP contribution < -0.4 is 14.2 Å². The van der Waals surface area contributed by atoms with Crippen LogP contribution in [0.25, 0.3) is 10.8 Å². The van der Waals surface area contributed by atoms with E-state index in [-0.39, 0.29) is 72.3 Å². The van der Waals surface area contributed by atoms with Gasteiger partial charge in [-0.15, -0.1) is 0 Å². The second-order valence-electron chi connectivity index (χ2n) is 19.1. The summed E-state index contributed by atoms with van der Waals surface area (Å²) < 4.78 is 38.7. The molecule has 4 aliphatic rings. The van der Waals surface area contributed by atoms with Gasteiger partial charge in [0.05, 0.1) is 55.5 Å². The Balaban J connectivity index is 0.941. The Bertz CT molecular complexity index is 2080. The predicted octanol–water partition coefficient (Wildman–Crippen LogP) is 9.91. The van der Waals surface area contributed by atoms with E-state index in [0.29, 0.717) is 105 Å². The number of carbonyl (C=O) groups is 7. The zero-order valence-electron chi connectivity index (χ0n) is 39.8. The summed E-state index contributed by atoms with van der Waals surface area (Å²) in [6.07, 6.45) is 18.1. The largest absolute Gasteiger partial charge is 0.465 e. The van der Waals surface area contributed by atoms with Crippen molar-refractivity contribution < 1.29 is 66.7 Å². The molecule has 4 aliphatic carbocycles. The summed E-state index contributed by atoms with van der Waals surface area (Å²) in [7, 11) is 0. The van der Waals surface area contributed by atoms with Crippen LogP contribution in [0, 0.1) is 47.3 Å². The van der Waals surface area contributed by atoms with Gasteiger partial charge in [0.15, 0.2) is 0 Å². The quantitative estimate of drug-likeness (QED) is 0.0379. The van der Waals surface area contributed by atoms with Gasteiger partial charge in [0.2, 0.25) is 0 Å². The van der Waals surface area contributed by atoms with Crippen LogP contribution in [0.3, 0.4) is 0 Å². The van der Waals surface area contributed by atoms with Crippen molar-refractivity contribution >= 4 is 52.6 Å². The number of fused-ring (bicyclic) bond motifs is 1. The minimum absolute atomic E-state index is 0.0982. The molecular formula is C54H70O14. The highest BCUT2D eigenvalue weighted by Crippen LogP contribution is 2.45. The fourth-order valence-electron chi connectivity index (χ4n) is 10.9. The summed E-state index contributed by atoms with van der Waals surface area (Å²) >= 11 is 0. The number of carbonyl (C=O) groups excluding carboxylic acids is 7. The van der Waals surface area contributed by atoms with Gasteiger partial charge < -0.3 is 33.2 Å². The molecule has 0 N–H and O–H groups in total. The first-order chi connectivity index (χ1) is 32.9. The Morgan fingerprint density at radius 3 is 1.16 bits per heavy atom. The molecular weight excluding hydrogens is 873 g/mol. The number of hydrogen-bond donors (Lipinski definition) is 0. The molecule has 0 amide bonds. The molecule has 68 heavy (non-hydrogen) atoms. The van der Waals surface area contributed by atoms with Crippen LogP contribution in [-0.4, -0.2) is 68.2 Å². The van der Waals surface area contributed by atoms with E-state index in [2.05, 4.69) is 13.2 Å². The first-order valence-electron chi connectivity index (χ1n) is 25.0. The van der Waals surface area contributed by atoms with E-state index in [9.17, 15) is 33.6 Å². The van der Waals surface area contributed by atoms with Gasteiger partial charge in [0.1, 0.15) is 17.2 Å². The average Bonchev–Trinajstić information content (AvgIpc) is 3.36. The number of esters is 7. The van der Waals surface area contributed by atoms with Crippen molar-refractivity contribution in [3.05, 3.63) is 55.6 Å². The van der Waals surface area contributed by atoms with Crippen LogP contribution in [0.15, 0.2) is 55.6 Å². The molecule has 4 saturated carbocycles. The Hall–Kier alpha value is -5.53. The standard InChI is InChI=1S/C54H70O14/c1-4-48(56)62-31-6-8-33-64-51(58)40-21-13-36(14-22-40)38-17-25-42(26-18-38)53(60)67-45-29-30-47(50-44(45)11-10-12-46(50)66-35(3)55)68-54(61)43-27-19-39(20-28-43)37-15-23-41(24-16-37)52(59)65-34-9-7-32-63-49(57)5-2/h4-5,10-12,29-30,36-43H,1-2,6-9,13-28,31-34H2,3H3. The van der Waals surface area contributed by atoms with Gasteiger partial charge in [-0.3, -0.25) is 24.0 Å². The topological polar surface area (TPSA) is 184 Å². The minimum atomic E-state index is -0.537. The Morgan fingerprint density at radius 1 is 0.441 bits per heavy atom. The average molecular weight is 943 g/mol. The van der Waals surface area contributed by atoms with Crippen molar-refractivity contribution in [3.8, 4) is 17.2 Å². The lowest BCUT2D eigenvalue weighted by Gasteiger charge is -2.36.